The quantitative estimate of drug-likeness (QED) is 0.886. The number of benzene rings is 1. The third-order valence-electron chi connectivity index (χ3n) is 3.34. The van der Waals surface area contributed by atoms with Crippen LogP contribution in [-0.2, 0) is 10.3 Å². The fraction of sp³-hybridized carbons (Fsp3) is 0.286. The van der Waals surface area contributed by atoms with Crippen LogP contribution in [0.25, 0.3) is 11.0 Å². The summed E-state index contributed by atoms with van der Waals surface area (Å²) in [6.45, 7) is 4.30. The molecule has 1 aromatic heterocycles. The highest BCUT2D eigenvalue weighted by Crippen LogP contribution is 2.31. The molecule has 6 heteroatoms. The molecule has 2 N–H and O–H groups in total. The van der Waals surface area contributed by atoms with Crippen LogP contribution >= 0.6 is 15.9 Å². The maximum atomic E-state index is 12.2. The van der Waals surface area contributed by atoms with Crippen LogP contribution in [-0.4, -0.2) is 18.4 Å². The Bertz CT molecular complexity index is 722. The number of hydrogen-bond donors (Lipinski definition) is 2. The summed E-state index contributed by atoms with van der Waals surface area (Å²) >= 11 is 3.42. The molecule has 1 aromatic carbocycles. The Morgan fingerprint density at radius 3 is 2.95 bits per heavy atom. The average Bonchev–Trinajstić information content (AvgIpc) is 2.93. The van der Waals surface area contributed by atoms with E-state index < -0.39 is 5.54 Å². The molecule has 1 aliphatic rings. The van der Waals surface area contributed by atoms with Crippen molar-refractivity contribution in [3.63, 3.8) is 0 Å². The first-order chi connectivity index (χ1) is 9.53. The molecular weight excluding hydrogens is 322 g/mol. The van der Waals surface area contributed by atoms with Crippen LogP contribution in [0.3, 0.4) is 0 Å². The Balaban J connectivity index is 2.05. The van der Waals surface area contributed by atoms with E-state index in [1.807, 2.05) is 31.2 Å². The summed E-state index contributed by atoms with van der Waals surface area (Å²) < 4.78 is 6.78. The second-order valence-electron chi connectivity index (χ2n) is 4.82. The van der Waals surface area contributed by atoms with Gasteiger partial charge in [-0.05, 0) is 38.1 Å². The van der Waals surface area contributed by atoms with Crippen molar-refractivity contribution in [3.05, 3.63) is 34.5 Å². The Labute approximate surface area is 124 Å². The number of rotatable bonds is 2. The zero-order valence-corrected chi connectivity index (χ0v) is 12.7. The third kappa shape index (κ3) is 2.00. The fourth-order valence-corrected chi connectivity index (χ4v) is 2.61. The van der Waals surface area contributed by atoms with E-state index in [1.54, 1.807) is 6.92 Å². The minimum Gasteiger partial charge on any atom is -0.458 e. The first-order valence-electron chi connectivity index (χ1n) is 6.36. The van der Waals surface area contributed by atoms with Gasteiger partial charge in [0, 0.05) is 16.4 Å². The maximum absolute atomic E-state index is 12.2. The number of guanidine groups is 1. The van der Waals surface area contributed by atoms with Crippen LogP contribution in [0.1, 0.15) is 19.6 Å². The highest BCUT2D eigenvalue weighted by molar-refractivity contribution is 9.10. The molecule has 2 heterocycles. The van der Waals surface area contributed by atoms with E-state index in [0.717, 1.165) is 15.4 Å². The number of hydrogen-bond acceptors (Lipinski definition) is 3. The first kappa shape index (κ1) is 13.2. The highest BCUT2D eigenvalue weighted by Gasteiger charge is 2.45. The molecule has 1 saturated heterocycles. The van der Waals surface area contributed by atoms with Crippen LogP contribution in [0.4, 0.5) is 0 Å². The predicted molar refractivity (Wildman–Crippen MR) is 80.5 cm³/mol. The van der Waals surface area contributed by atoms with Crippen molar-refractivity contribution in [2.75, 3.05) is 6.54 Å². The number of fused-ring (bicyclic) bond motifs is 1. The highest BCUT2D eigenvalue weighted by atomic mass is 79.9. The fourth-order valence-electron chi connectivity index (χ4n) is 2.23. The van der Waals surface area contributed by atoms with Gasteiger partial charge in [0.2, 0.25) is 0 Å². The molecule has 0 aliphatic carbocycles. The van der Waals surface area contributed by atoms with Gasteiger partial charge in [0.25, 0.3) is 5.91 Å². The second-order valence-corrected chi connectivity index (χ2v) is 5.74. The van der Waals surface area contributed by atoms with Crippen LogP contribution in [0.15, 0.2) is 38.1 Å². The average molecular weight is 336 g/mol. The summed E-state index contributed by atoms with van der Waals surface area (Å²) in [5.41, 5.74) is -0.181. The molecule has 1 unspecified atom stereocenters. The van der Waals surface area contributed by atoms with E-state index >= 15 is 0 Å². The zero-order valence-electron chi connectivity index (χ0n) is 11.2. The van der Waals surface area contributed by atoms with Crippen molar-refractivity contribution in [1.29, 1.82) is 0 Å². The normalized spacial score (nSPS) is 24.1. The number of carbonyl (C=O) groups is 1. The van der Waals surface area contributed by atoms with E-state index in [9.17, 15) is 4.79 Å². The number of furan rings is 1. The van der Waals surface area contributed by atoms with Gasteiger partial charge < -0.3 is 9.73 Å². The standard InChI is InChI=1S/C14H14BrN3O2/c1-3-16-13-17-12(19)14(2,18-13)11-7-8-6-9(15)4-5-10(8)20-11/h4-7H,3H2,1-2H3,(H2,16,17,18,19). The van der Waals surface area contributed by atoms with Crippen molar-refractivity contribution in [2.45, 2.75) is 19.4 Å². The molecule has 0 spiro atoms. The minimum absolute atomic E-state index is 0.164. The lowest BCUT2D eigenvalue weighted by atomic mass is 9.99. The monoisotopic (exact) mass is 335 g/mol. The molecule has 1 aliphatic heterocycles. The zero-order chi connectivity index (χ0) is 14.3. The van der Waals surface area contributed by atoms with Gasteiger partial charge in [0.15, 0.2) is 11.5 Å². The van der Waals surface area contributed by atoms with E-state index in [0.29, 0.717) is 18.3 Å². The Morgan fingerprint density at radius 2 is 2.20 bits per heavy atom. The summed E-state index contributed by atoms with van der Waals surface area (Å²) in [7, 11) is 0. The Morgan fingerprint density at radius 1 is 1.40 bits per heavy atom. The lowest BCUT2D eigenvalue weighted by molar-refractivity contribution is -0.124. The number of nitrogens with one attached hydrogen (secondary N) is 2. The molecular formula is C14H14BrN3O2. The molecule has 1 amide bonds. The topological polar surface area (TPSA) is 66.6 Å². The molecule has 1 fully saturated rings. The van der Waals surface area contributed by atoms with Gasteiger partial charge in [-0.25, -0.2) is 0 Å². The number of amides is 1. The summed E-state index contributed by atoms with van der Waals surface area (Å²) in [6, 6.07) is 7.62. The maximum Gasteiger partial charge on any atom is 0.260 e. The van der Waals surface area contributed by atoms with Crippen molar-refractivity contribution in [1.82, 2.24) is 10.6 Å². The summed E-state index contributed by atoms with van der Waals surface area (Å²) in [5, 5.41) is 6.77. The summed E-state index contributed by atoms with van der Waals surface area (Å²) in [6.07, 6.45) is 0. The molecule has 3 rings (SSSR count). The van der Waals surface area contributed by atoms with Gasteiger partial charge >= 0.3 is 0 Å². The van der Waals surface area contributed by atoms with Gasteiger partial charge in [-0.15, -0.1) is 0 Å². The summed E-state index contributed by atoms with van der Waals surface area (Å²) in [5.74, 6) is 0.897. The van der Waals surface area contributed by atoms with E-state index in [2.05, 4.69) is 31.6 Å². The van der Waals surface area contributed by atoms with Crippen LogP contribution in [0, 0.1) is 0 Å². The smallest absolute Gasteiger partial charge is 0.260 e. The summed E-state index contributed by atoms with van der Waals surface area (Å²) in [4.78, 5) is 16.4. The van der Waals surface area contributed by atoms with Gasteiger partial charge in [-0.1, -0.05) is 15.9 Å². The Kier molecular flexibility index (Phi) is 3.05. The molecule has 0 saturated carbocycles. The Hall–Kier alpha value is -1.82. The van der Waals surface area contributed by atoms with Gasteiger partial charge in [0.1, 0.15) is 11.3 Å². The first-order valence-corrected chi connectivity index (χ1v) is 7.16. The van der Waals surface area contributed by atoms with Crippen molar-refractivity contribution >= 4 is 38.8 Å². The molecule has 104 valence electrons. The predicted octanol–water partition coefficient (Wildman–Crippen LogP) is 2.51. The molecule has 5 nitrogen and oxygen atoms in total. The van der Waals surface area contributed by atoms with Crippen molar-refractivity contribution in [2.24, 2.45) is 4.99 Å². The van der Waals surface area contributed by atoms with Gasteiger partial charge in [-0.2, -0.15) is 0 Å². The van der Waals surface area contributed by atoms with E-state index in [-0.39, 0.29) is 5.91 Å². The van der Waals surface area contributed by atoms with Gasteiger partial charge in [-0.3, -0.25) is 15.1 Å². The molecule has 20 heavy (non-hydrogen) atoms. The lowest BCUT2D eigenvalue weighted by Gasteiger charge is -2.17. The number of aliphatic imine (C=N–C) groups is 1. The minimum atomic E-state index is -0.931. The van der Waals surface area contributed by atoms with Crippen LogP contribution < -0.4 is 10.6 Å². The molecule has 0 radical (unpaired) electrons. The number of halogens is 1. The van der Waals surface area contributed by atoms with E-state index in [4.69, 9.17) is 4.42 Å². The number of nitrogens with zero attached hydrogens (tertiary/aromatic N) is 1. The number of carbonyl (C=O) groups excluding carboxylic acids is 1. The van der Waals surface area contributed by atoms with Crippen molar-refractivity contribution < 1.29 is 9.21 Å². The van der Waals surface area contributed by atoms with Gasteiger partial charge in [0.05, 0.1) is 0 Å². The largest absolute Gasteiger partial charge is 0.458 e. The molecule has 0 bridgehead atoms. The van der Waals surface area contributed by atoms with Crippen molar-refractivity contribution in [3.8, 4) is 0 Å². The lowest BCUT2D eigenvalue weighted by Crippen LogP contribution is -2.40. The van der Waals surface area contributed by atoms with E-state index in [1.165, 1.54) is 0 Å². The molecule has 2 aromatic rings. The second kappa shape index (κ2) is 4.63. The van der Waals surface area contributed by atoms with Crippen LogP contribution in [0.5, 0.6) is 0 Å². The SMILES string of the molecule is CCN=C1NC(=O)C(C)(c2cc3cc(Br)ccc3o2)N1. The molecule has 1 atom stereocenters. The van der Waals surface area contributed by atoms with Crippen LogP contribution in [0.2, 0.25) is 0 Å². The third-order valence-corrected chi connectivity index (χ3v) is 3.84.